The third kappa shape index (κ3) is 3.63. The first-order chi connectivity index (χ1) is 14.8. The lowest BCUT2D eigenvalue weighted by Crippen LogP contribution is -2.36. The van der Waals surface area contributed by atoms with Crippen LogP contribution in [0.5, 0.6) is 0 Å². The summed E-state index contributed by atoms with van der Waals surface area (Å²) in [4.78, 5) is 40.5. The van der Waals surface area contributed by atoms with Gasteiger partial charge in [-0.25, -0.2) is 14.5 Å². The third-order valence-electron chi connectivity index (χ3n) is 5.58. The Morgan fingerprint density at radius 2 is 1.90 bits per heavy atom. The van der Waals surface area contributed by atoms with Gasteiger partial charge in [0.25, 0.3) is 11.2 Å². The van der Waals surface area contributed by atoms with Crippen molar-refractivity contribution in [2.24, 2.45) is 0 Å². The van der Waals surface area contributed by atoms with Crippen LogP contribution in [0.15, 0.2) is 53.3 Å². The maximum Gasteiger partial charge on any atom is 0.338 e. The van der Waals surface area contributed by atoms with Crippen molar-refractivity contribution in [3.8, 4) is 0 Å². The average Bonchev–Trinajstić information content (AvgIpc) is 3.43. The highest BCUT2D eigenvalue weighted by Crippen LogP contribution is 2.31. The molecule has 0 saturated carbocycles. The summed E-state index contributed by atoms with van der Waals surface area (Å²) in [5.41, 5.74) is 0.646. The highest BCUT2D eigenvalue weighted by Gasteiger charge is 2.51. The van der Waals surface area contributed by atoms with Crippen LogP contribution in [0.4, 0.5) is 5.69 Å². The van der Waals surface area contributed by atoms with Crippen molar-refractivity contribution in [2.45, 2.75) is 45.4 Å². The van der Waals surface area contributed by atoms with Crippen LogP contribution in [0.1, 0.15) is 37.0 Å². The zero-order valence-electron chi connectivity index (χ0n) is 17.4. The summed E-state index contributed by atoms with van der Waals surface area (Å²) in [5.74, 6) is 0.0769. The lowest BCUT2D eigenvalue weighted by Gasteiger charge is -2.18. The highest BCUT2D eigenvalue weighted by molar-refractivity contribution is 5.89. The molecule has 1 fully saturated rings. The number of fused-ring (bicyclic) bond motifs is 1. The van der Waals surface area contributed by atoms with E-state index in [9.17, 15) is 19.7 Å². The molecule has 0 N–H and O–H groups in total. The van der Waals surface area contributed by atoms with Crippen molar-refractivity contribution in [1.82, 2.24) is 9.66 Å². The lowest BCUT2D eigenvalue weighted by atomic mass is 10.2. The van der Waals surface area contributed by atoms with E-state index in [0.717, 1.165) is 0 Å². The van der Waals surface area contributed by atoms with Crippen LogP contribution < -0.4 is 10.6 Å². The standard InChI is InChI=1S/C22H22N4O5/c1-4-19-23-18-8-6-5-7-17(18)21(27)25(19)24-13(2)20(24)14(3)31-22(28)15-9-11-16(12-10-15)26(29)30/h5-14,20H,4H2,1-3H3/t13-,14-,20-,24?/m0/s1. The molecule has 160 valence electrons. The number of benzene rings is 2. The lowest BCUT2D eigenvalue weighted by molar-refractivity contribution is -0.384. The molecule has 2 heterocycles. The van der Waals surface area contributed by atoms with Gasteiger partial charge in [0, 0.05) is 18.6 Å². The summed E-state index contributed by atoms with van der Waals surface area (Å²) in [6.07, 6.45) is 0.0771. The molecule has 9 nitrogen and oxygen atoms in total. The molecule has 3 atom stereocenters. The topological polar surface area (TPSA) is 107 Å². The van der Waals surface area contributed by atoms with Gasteiger partial charge in [0.2, 0.25) is 0 Å². The van der Waals surface area contributed by atoms with Crippen LogP contribution in [0, 0.1) is 10.1 Å². The van der Waals surface area contributed by atoms with Gasteiger partial charge in [0.1, 0.15) is 18.0 Å². The van der Waals surface area contributed by atoms with Gasteiger partial charge >= 0.3 is 5.97 Å². The Hall–Kier alpha value is -3.75. The normalized spacial score (nSPS) is 18.6. The van der Waals surface area contributed by atoms with Gasteiger partial charge in [-0.2, -0.15) is 0 Å². The molecule has 1 aliphatic rings. The quantitative estimate of drug-likeness (QED) is 0.260. The highest BCUT2D eigenvalue weighted by atomic mass is 16.6. The van der Waals surface area contributed by atoms with E-state index in [1.165, 1.54) is 24.3 Å². The van der Waals surface area contributed by atoms with Crippen LogP contribution in [-0.2, 0) is 11.2 Å². The minimum absolute atomic E-state index is 0.0226. The van der Waals surface area contributed by atoms with Crippen molar-refractivity contribution >= 4 is 22.6 Å². The number of esters is 1. The Morgan fingerprint density at radius 1 is 1.23 bits per heavy atom. The predicted molar refractivity (Wildman–Crippen MR) is 115 cm³/mol. The number of hydrogen-bond donors (Lipinski definition) is 0. The van der Waals surface area contributed by atoms with Crippen LogP contribution in [0.2, 0.25) is 0 Å². The van der Waals surface area contributed by atoms with Crippen LogP contribution in [0.3, 0.4) is 0 Å². The first kappa shape index (κ1) is 20.5. The number of aromatic nitrogens is 2. The molecule has 0 spiro atoms. The molecule has 2 aromatic carbocycles. The molecular weight excluding hydrogens is 400 g/mol. The Morgan fingerprint density at radius 3 is 2.55 bits per heavy atom. The molecule has 31 heavy (non-hydrogen) atoms. The van der Waals surface area contributed by atoms with E-state index in [-0.39, 0.29) is 28.9 Å². The van der Waals surface area contributed by atoms with Gasteiger partial charge in [-0.05, 0) is 38.1 Å². The monoisotopic (exact) mass is 422 g/mol. The Labute approximate surface area is 178 Å². The second-order valence-corrected chi connectivity index (χ2v) is 7.54. The number of carbonyl (C=O) groups excluding carboxylic acids is 1. The number of ether oxygens (including phenoxy) is 1. The second-order valence-electron chi connectivity index (χ2n) is 7.54. The number of para-hydroxylation sites is 1. The van der Waals surface area contributed by atoms with Crippen molar-refractivity contribution in [2.75, 3.05) is 5.01 Å². The zero-order chi connectivity index (χ0) is 22.3. The maximum absolute atomic E-state index is 13.2. The zero-order valence-corrected chi connectivity index (χ0v) is 17.4. The summed E-state index contributed by atoms with van der Waals surface area (Å²) in [6, 6.07) is 12.3. The third-order valence-corrected chi connectivity index (χ3v) is 5.58. The van der Waals surface area contributed by atoms with Gasteiger partial charge in [-0.1, -0.05) is 19.1 Å². The van der Waals surface area contributed by atoms with E-state index in [1.54, 1.807) is 23.7 Å². The number of hydrogen-bond acceptors (Lipinski definition) is 7. The van der Waals surface area contributed by atoms with E-state index in [1.807, 2.05) is 31.0 Å². The summed E-state index contributed by atoms with van der Waals surface area (Å²) in [7, 11) is 0. The number of non-ortho nitro benzene ring substituents is 1. The van der Waals surface area contributed by atoms with E-state index in [2.05, 4.69) is 4.98 Å². The average molecular weight is 422 g/mol. The summed E-state index contributed by atoms with van der Waals surface area (Å²) in [6.45, 7) is 5.67. The number of nitro groups is 1. The van der Waals surface area contributed by atoms with Crippen LogP contribution in [-0.4, -0.2) is 38.7 Å². The number of aryl methyl sites for hydroxylation is 1. The first-order valence-electron chi connectivity index (χ1n) is 10.1. The number of nitrogens with zero attached hydrogens (tertiary/aromatic N) is 4. The largest absolute Gasteiger partial charge is 0.457 e. The molecule has 0 radical (unpaired) electrons. The number of nitro benzene ring substituents is 1. The predicted octanol–water partition coefficient (Wildman–Crippen LogP) is 2.82. The Bertz CT molecular complexity index is 1220. The summed E-state index contributed by atoms with van der Waals surface area (Å²) in [5, 5.41) is 13.2. The second kappa shape index (κ2) is 7.82. The van der Waals surface area contributed by atoms with Crippen molar-refractivity contribution in [3.05, 3.63) is 80.4 Å². The maximum atomic E-state index is 13.2. The molecule has 9 heteroatoms. The molecule has 0 aliphatic carbocycles. The molecular formula is C22H22N4O5. The molecule has 4 rings (SSSR count). The molecule has 0 amide bonds. The fourth-order valence-corrected chi connectivity index (χ4v) is 3.94. The van der Waals surface area contributed by atoms with Crippen molar-refractivity contribution < 1.29 is 14.5 Å². The van der Waals surface area contributed by atoms with Crippen LogP contribution in [0.25, 0.3) is 10.9 Å². The van der Waals surface area contributed by atoms with Gasteiger partial charge in [-0.15, -0.1) is 0 Å². The van der Waals surface area contributed by atoms with Gasteiger partial charge in [0.05, 0.1) is 27.4 Å². The van der Waals surface area contributed by atoms with Crippen molar-refractivity contribution in [1.29, 1.82) is 0 Å². The van der Waals surface area contributed by atoms with E-state index in [4.69, 9.17) is 4.74 Å². The molecule has 1 aromatic heterocycles. The Kier molecular flexibility index (Phi) is 5.18. The summed E-state index contributed by atoms with van der Waals surface area (Å²) < 4.78 is 7.19. The SMILES string of the molecule is CCc1nc2ccccc2c(=O)n1N1[C@H]([C@H](C)OC(=O)c2ccc([N+](=O)[O-])cc2)[C@@H]1C. The van der Waals surface area contributed by atoms with Crippen LogP contribution >= 0.6 is 0 Å². The number of carbonyl (C=O) groups is 1. The Balaban J connectivity index is 1.56. The fourth-order valence-electron chi connectivity index (χ4n) is 3.94. The van der Waals surface area contributed by atoms with Gasteiger partial charge in [0.15, 0.2) is 0 Å². The minimum atomic E-state index is -0.568. The molecule has 0 bridgehead atoms. The van der Waals surface area contributed by atoms with E-state index < -0.39 is 17.0 Å². The van der Waals surface area contributed by atoms with E-state index >= 15 is 0 Å². The summed E-state index contributed by atoms with van der Waals surface area (Å²) >= 11 is 0. The molecule has 1 saturated heterocycles. The smallest absolute Gasteiger partial charge is 0.338 e. The fraction of sp³-hybridized carbons (Fsp3) is 0.318. The molecule has 1 aliphatic heterocycles. The minimum Gasteiger partial charge on any atom is -0.457 e. The van der Waals surface area contributed by atoms with Gasteiger partial charge in [-0.3, -0.25) is 19.9 Å². The van der Waals surface area contributed by atoms with E-state index in [0.29, 0.717) is 23.1 Å². The van der Waals surface area contributed by atoms with Gasteiger partial charge < -0.3 is 4.74 Å². The van der Waals surface area contributed by atoms with Crippen molar-refractivity contribution in [3.63, 3.8) is 0 Å². The number of rotatable bonds is 6. The first-order valence-corrected chi connectivity index (χ1v) is 10.1. The molecule has 0 unspecified atom stereocenters. The molecule has 3 aromatic rings.